The molecule has 1 nitrogen and oxygen atoms in total. The Morgan fingerprint density at radius 3 is 2.70 bits per heavy atom. The Morgan fingerprint density at radius 2 is 2.05 bits per heavy atom. The third-order valence-electron chi connectivity index (χ3n) is 3.57. The minimum absolute atomic E-state index is 0.0421. The van der Waals surface area contributed by atoms with Crippen molar-refractivity contribution in [2.45, 2.75) is 24.1 Å². The van der Waals surface area contributed by atoms with Gasteiger partial charge in [0, 0.05) is 16.5 Å². The Labute approximate surface area is 141 Å². The summed E-state index contributed by atoms with van der Waals surface area (Å²) < 4.78 is 7.16. The average Bonchev–Trinajstić information content (AvgIpc) is 2.88. The molecule has 0 N–H and O–H groups in total. The lowest BCUT2D eigenvalue weighted by atomic mass is 9.85. The van der Waals surface area contributed by atoms with E-state index in [1.165, 1.54) is 22.5 Å². The van der Waals surface area contributed by atoms with E-state index in [9.17, 15) is 0 Å². The van der Waals surface area contributed by atoms with Crippen molar-refractivity contribution in [1.82, 2.24) is 0 Å². The third-order valence-corrected chi connectivity index (χ3v) is 6.11. The first-order valence-electron chi connectivity index (χ1n) is 6.24. The molecule has 20 heavy (non-hydrogen) atoms. The number of thiophene rings is 1. The molecular weight excluding hydrogens is 379 g/mol. The smallest absolute Gasteiger partial charge is 0.123 e. The summed E-state index contributed by atoms with van der Waals surface area (Å²) in [5, 5.41) is 0. The van der Waals surface area contributed by atoms with Crippen molar-refractivity contribution in [2.24, 2.45) is 0 Å². The third kappa shape index (κ3) is 2.50. The van der Waals surface area contributed by atoms with Crippen molar-refractivity contribution in [2.75, 3.05) is 6.61 Å². The summed E-state index contributed by atoms with van der Waals surface area (Å²) in [7, 11) is 0. The van der Waals surface area contributed by atoms with E-state index >= 15 is 0 Å². The Bertz CT molecular complexity index is 666. The van der Waals surface area contributed by atoms with Gasteiger partial charge in [0.2, 0.25) is 0 Å². The van der Waals surface area contributed by atoms with E-state index in [4.69, 9.17) is 27.9 Å². The van der Waals surface area contributed by atoms with Crippen LogP contribution in [0.5, 0.6) is 5.75 Å². The summed E-state index contributed by atoms with van der Waals surface area (Å²) in [4.78, 5) is 0.0421. The van der Waals surface area contributed by atoms with Crippen LogP contribution in [0, 0.1) is 0 Å². The lowest BCUT2D eigenvalue weighted by molar-refractivity contribution is 0.291. The van der Waals surface area contributed by atoms with Crippen LogP contribution in [0.4, 0.5) is 0 Å². The van der Waals surface area contributed by atoms with Gasteiger partial charge in [0.05, 0.1) is 20.1 Å². The fourth-order valence-electron chi connectivity index (χ4n) is 2.40. The van der Waals surface area contributed by atoms with Crippen molar-refractivity contribution < 1.29 is 4.74 Å². The topological polar surface area (TPSA) is 9.23 Å². The maximum absolute atomic E-state index is 6.24. The van der Waals surface area contributed by atoms with Crippen LogP contribution in [-0.4, -0.2) is 6.61 Å². The van der Waals surface area contributed by atoms with Crippen LogP contribution >= 0.6 is 50.5 Å². The highest BCUT2D eigenvalue weighted by Crippen LogP contribution is 2.45. The van der Waals surface area contributed by atoms with E-state index in [2.05, 4.69) is 41.9 Å². The lowest BCUT2D eigenvalue weighted by Gasteiger charge is -2.17. The molecular formula is C15H13BrCl2OS. The number of hydrogen-bond acceptors (Lipinski definition) is 2. The summed E-state index contributed by atoms with van der Waals surface area (Å²) in [6.07, 6.45) is 0. The maximum Gasteiger partial charge on any atom is 0.123 e. The molecule has 1 atom stereocenters. The molecule has 0 saturated heterocycles. The van der Waals surface area contributed by atoms with Gasteiger partial charge in [0.15, 0.2) is 0 Å². The number of alkyl halides is 1. The van der Waals surface area contributed by atoms with E-state index in [1.54, 1.807) is 0 Å². The Kier molecular flexibility index (Phi) is 3.83. The van der Waals surface area contributed by atoms with E-state index in [-0.39, 0.29) is 10.2 Å². The van der Waals surface area contributed by atoms with Crippen LogP contribution in [0.3, 0.4) is 0 Å². The molecule has 106 valence electrons. The maximum atomic E-state index is 6.24. The van der Waals surface area contributed by atoms with Gasteiger partial charge in [0.25, 0.3) is 0 Å². The fraction of sp³-hybridized carbons (Fsp3) is 0.333. The standard InChI is InChI=1S/C15H13BrCl2OS/c1-15(2)7-19-11-4-3-8(5-10(11)15)13(16)9-6-12(17)20-14(9)18/h3-6,13H,7H2,1-2H3. The molecule has 1 unspecified atom stereocenters. The number of benzene rings is 1. The van der Waals surface area contributed by atoms with Crippen molar-refractivity contribution in [3.05, 3.63) is 49.6 Å². The zero-order chi connectivity index (χ0) is 14.5. The number of fused-ring (bicyclic) bond motifs is 1. The molecule has 0 spiro atoms. The van der Waals surface area contributed by atoms with Crippen molar-refractivity contribution in [1.29, 1.82) is 0 Å². The van der Waals surface area contributed by atoms with Crippen LogP contribution < -0.4 is 4.74 Å². The first-order chi connectivity index (χ1) is 9.38. The van der Waals surface area contributed by atoms with E-state index in [0.717, 1.165) is 22.3 Å². The second-order valence-corrected chi connectivity index (χ2v) is 8.77. The first kappa shape index (κ1) is 14.7. The molecule has 2 heterocycles. The van der Waals surface area contributed by atoms with E-state index in [1.807, 2.05) is 12.1 Å². The van der Waals surface area contributed by atoms with Crippen LogP contribution in [0.25, 0.3) is 0 Å². The summed E-state index contributed by atoms with van der Waals surface area (Å²) in [5.41, 5.74) is 3.47. The van der Waals surface area contributed by atoms with Crippen molar-refractivity contribution >= 4 is 50.5 Å². The van der Waals surface area contributed by atoms with Crippen molar-refractivity contribution in [3.8, 4) is 5.75 Å². The summed E-state index contributed by atoms with van der Waals surface area (Å²) in [6.45, 7) is 5.12. The van der Waals surface area contributed by atoms with E-state index < -0.39 is 0 Å². The Balaban J connectivity index is 2.02. The Morgan fingerprint density at radius 1 is 1.30 bits per heavy atom. The Hall–Kier alpha value is -0.220. The lowest BCUT2D eigenvalue weighted by Crippen LogP contribution is -2.18. The summed E-state index contributed by atoms with van der Waals surface area (Å²) >= 11 is 17.4. The number of ether oxygens (including phenoxy) is 1. The molecule has 0 radical (unpaired) electrons. The number of rotatable bonds is 2. The van der Waals surface area contributed by atoms with Crippen LogP contribution in [-0.2, 0) is 5.41 Å². The highest BCUT2D eigenvalue weighted by atomic mass is 79.9. The van der Waals surface area contributed by atoms with Gasteiger partial charge in [-0.3, -0.25) is 0 Å². The van der Waals surface area contributed by atoms with Gasteiger partial charge in [-0.25, -0.2) is 0 Å². The van der Waals surface area contributed by atoms with Gasteiger partial charge in [-0.15, -0.1) is 11.3 Å². The minimum atomic E-state index is 0.0421. The average molecular weight is 392 g/mol. The molecule has 0 amide bonds. The zero-order valence-electron chi connectivity index (χ0n) is 11.0. The van der Waals surface area contributed by atoms with Crippen LogP contribution in [0.2, 0.25) is 8.67 Å². The SMILES string of the molecule is CC1(C)COc2ccc(C(Br)c3cc(Cl)sc3Cl)cc21. The molecule has 5 heteroatoms. The predicted molar refractivity (Wildman–Crippen MR) is 90.1 cm³/mol. The zero-order valence-corrected chi connectivity index (χ0v) is 15.0. The van der Waals surface area contributed by atoms with Crippen LogP contribution in [0.1, 0.15) is 35.4 Å². The molecule has 1 aliphatic rings. The van der Waals surface area contributed by atoms with Gasteiger partial charge in [-0.2, -0.15) is 0 Å². The molecule has 2 aromatic rings. The van der Waals surface area contributed by atoms with Gasteiger partial charge in [-0.05, 0) is 23.8 Å². The monoisotopic (exact) mass is 390 g/mol. The van der Waals surface area contributed by atoms with Gasteiger partial charge >= 0.3 is 0 Å². The quantitative estimate of drug-likeness (QED) is 0.553. The molecule has 0 bridgehead atoms. The van der Waals surface area contributed by atoms with Crippen LogP contribution in [0.15, 0.2) is 24.3 Å². The molecule has 0 aliphatic carbocycles. The van der Waals surface area contributed by atoms with E-state index in [0.29, 0.717) is 4.34 Å². The predicted octanol–water partition coefficient (Wildman–Crippen LogP) is 6.21. The normalized spacial score (nSPS) is 17.6. The summed E-state index contributed by atoms with van der Waals surface area (Å²) in [5.74, 6) is 0.980. The molecule has 0 fully saturated rings. The molecule has 3 rings (SSSR count). The number of hydrogen-bond donors (Lipinski definition) is 0. The van der Waals surface area contributed by atoms with Crippen molar-refractivity contribution in [3.63, 3.8) is 0 Å². The molecule has 1 aromatic heterocycles. The minimum Gasteiger partial charge on any atom is -0.492 e. The highest BCUT2D eigenvalue weighted by Gasteiger charge is 2.32. The second-order valence-electron chi connectivity index (χ2n) is 5.57. The molecule has 0 saturated carbocycles. The largest absolute Gasteiger partial charge is 0.492 e. The highest BCUT2D eigenvalue weighted by molar-refractivity contribution is 9.09. The first-order valence-corrected chi connectivity index (χ1v) is 8.73. The van der Waals surface area contributed by atoms with Gasteiger partial charge in [-0.1, -0.05) is 59.0 Å². The molecule has 1 aliphatic heterocycles. The fourth-order valence-corrected chi connectivity index (χ4v) is 4.86. The second kappa shape index (κ2) is 5.20. The summed E-state index contributed by atoms with van der Waals surface area (Å²) in [6, 6.07) is 8.23. The van der Waals surface area contributed by atoms with Gasteiger partial charge < -0.3 is 4.74 Å². The molecule has 1 aromatic carbocycles. The number of halogens is 3. The van der Waals surface area contributed by atoms with Gasteiger partial charge in [0.1, 0.15) is 5.75 Å².